The monoisotopic (exact) mass is 205 g/mol. The number of rotatable bonds is 3. The summed E-state index contributed by atoms with van der Waals surface area (Å²) in [6.45, 7) is 3.50. The molecule has 0 aliphatic rings. The van der Waals surface area contributed by atoms with Gasteiger partial charge in [0.2, 0.25) is 0 Å². The highest BCUT2D eigenvalue weighted by Gasteiger charge is 2.08. The first-order valence-corrected chi connectivity index (χ1v) is 5.14. The number of aromatic nitrogens is 2. The summed E-state index contributed by atoms with van der Waals surface area (Å²) in [7, 11) is 0. The molecule has 0 spiro atoms. The molecular formula is C11H15N3O. The van der Waals surface area contributed by atoms with Gasteiger partial charge in [-0.05, 0) is 25.6 Å². The molecule has 4 heteroatoms. The maximum Gasteiger partial charge on any atom is 0.117 e. The zero-order valence-electron chi connectivity index (χ0n) is 8.77. The first-order chi connectivity index (χ1) is 7.26. The van der Waals surface area contributed by atoms with E-state index in [1.807, 2.05) is 6.07 Å². The summed E-state index contributed by atoms with van der Waals surface area (Å²) in [4.78, 5) is 4.49. The van der Waals surface area contributed by atoms with Crippen molar-refractivity contribution >= 4 is 11.0 Å². The predicted octanol–water partition coefficient (Wildman–Crippen LogP) is 1.26. The number of hydrogen-bond donors (Lipinski definition) is 2. The quantitative estimate of drug-likeness (QED) is 0.793. The van der Waals surface area contributed by atoms with Gasteiger partial charge in [-0.2, -0.15) is 0 Å². The molecule has 2 rings (SSSR count). The van der Waals surface area contributed by atoms with Gasteiger partial charge in [0, 0.05) is 19.0 Å². The molecule has 0 bridgehead atoms. The number of phenolic OH excluding ortho intramolecular Hbond substituents is 1. The van der Waals surface area contributed by atoms with E-state index in [2.05, 4.69) is 16.5 Å². The van der Waals surface area contributed by atoms with Crippen LogP contribution in [0.5, 0.6) is 5.75 Å². The third-order valence-electron chi connectivity index (χ3n) is 2.50. The van der Waals surface area contributed by atoms with E-state index in [0.29, 0.717) is 6.54 Å². The standard InChI is InChI=1S/C11H15N3O/c1-2-14-10-7-8(15)3-4-9(10)13-11(14)5-6-12/h3-4,7,15H,2,5-6,12H2,1H3. The number of phenols is 1. The van der Waals surface area contributed by atoms with E-state index in [-0.39, 0.29) is 5.75 Å². The Balaban J connectivity index is 2.63. The molecule has 1 heterocycles. The molecule has 0 radical (unpaired) electrons. The Morgan fingerprint density at radius 3 is 2.93 bits per heavy atom. The summed E-state index contributed by atoms with van der Waals surface area (Å²) in [6, 6.07) is 5.23. The van der Waals surface area contributed by atoms with Crippen molar-refractivity contribution in [3.63, 3.8) is 0 Å². The molecule has 0 aliphatic heterocycles. The number of aromatic hydroxyl groups is 1. The van der Waals surface area contributed by atoms with Gasteiger partial charge >= 0.3 is 0 Å². The third-order valence-corrected chi connectivity index (χ3v) is 2.50. The molecule has 3 N–H and O–H groups in total. The molecule has 80 valence electrons. The summed E-state index contributed by atoms with van der Waals surface area (Å²) >= 11 is 0. The van der Waals surface area contributed by atoms with Gasteiger partial charge in [0.25, 0.3) is 0 Å². The second-order valence-electron chi connectivity index (χ2n) is 3.48. The number of hydrogen-bond acceptors (Lipinski definition) is 3. The first-order valence-electron chi connectivity index (χ1n) is 5.14. The fraction of sp³-hybridized carbons (Fsp3) is 0.364. The molecule has 4 nitrogen and oxygen atoms in total. The highest BCUT2D eigenvalue weighted by Crippen LogP contribution is 2.21. The minimum absolute atomic E-state index is 0.274. The van der Waals surface area contributed by atoms with Crippen LogP contribution in [0.15, 0.2) is 18.2 Å². The third kappa shape index (κ3) is 1.68. The molecule has 0 saturated carbocycles. The van der Waals surface area contributed by atoms with Crippen LogP contribution in [0, 0.1) is 0 Å². The van der Waals surface area contributed by atoms with Crippen LogP contribution in [-0.4, -0.2) is 21.2 Å². The lowest BCUT2D eigenvalue weighted by atomic mass is 10.3. The Labute approximate surface area is 88.3 Å². The largest absolute Gasteiger partial charge is 0.508 e. The molecule has 1 aromatic carbocycles. The van der Waals surface area contributed by atoms with Crippen molar-refractivity contribution in [3.8, 4) is 5.75 Å². The van der Waals surface area contributed by atoms with Crippen molar-refractivity contribution in [2.24, 2.45) is 5.73 Å². The number of nitrogens with two attached hydrogens (primary N) is 1. The highest BCUT2D eigenvalue weighted by atomic mass is 16.3. The summed E-state index contributed by atoms with van der Waals surface area (Å²) in [5.41, 5.74) is 7.42. The van der Waals surface area contributed by atoms with E-state index in [4.69, 9.17) is 5.73 Å². The van der Waals surface area contributed by atoms with Crippen molar-refractivity contribution < 1.29 is 5.11 Å². The van der Waals surface area contributed by atoms with Crippen molar-refractivity contribution in [1.82, 2.24) is 9.55 Å². The smallest absolute Gasteiger partial charge is 0.117 e. The van der Waals surface area contributed by atoms with Gasteiger partial charge in [-0.15, -0.1) is 0 Å². The number of benzene rings is 1. The van der Waals surface area contributed by atoms with E-state index in [0.717, 1.165) is 29.8 Å². The first kappa shape index (κ1) is 9.98. The molecule has 0 aliphatic carbocycles. The fourth-order valence-corrected chi connectivity index (χ4v) is 1.83. The van der Waals surface area contributed by atoms with Gasteiger partial charge in [0.15, 0.2) is 0 Å². The molecular weight excluding hydrogens is 190 g/mol. The average molecular weight is 205 g/mol. The molecule has 0 amide bonds. The van der Waals surface area contributed by atoms with Crippen LogP contribution in [0.3, 0.4) is 0 Å². The van der Waals surface area contributed by atoms with Crippen LogP contribution in [-0.2, 0) is 13.0 Å². The summed E-state index contributed by atoms with van der Waals surface area (Å²) in [6.07, 6.45) is 0.767. The normalized spacial score (nSPS) is 11.1. The Morgan fingerprint density at radius 2 is 2.27 bits per heavy atom. The van der Waals surface area contributed by atoms with Gasteiger partial charge in [0.1, 0.15) is 11.6 Å². The van der Waals surface area contributed by atoms with Gasteiger partial charge in [-0.25, -0.2) is 4.98 Å². The predicted molar refractivity (Wildman–Crippen MR) is 59.8 cm³/mol. The lowest BCUT2D eigenvalue weighted by molar-refractivity contribution is 0.476. The Hall–Kier alpha value is -1.55. The second kappa shape index (κ2) is 3.90. The van der Waals surface area contributed by atoms with Crippen LogP contribution >= 0.6 is 0 Å². The Kier molecular flexibility index (Phi) is 2.60. The van der Waals surface area contributed by atoms with Crippen molar-refractivity contribution in [2.45, 2.75) is 19.9 Å². The van der Waals surface area contributed by atoms with E-state index >= 15 is 0 Å². The Bertz CT molecular complexity index is 476. The van der Waals surface area contributed by atoms with Crippen LogP contribution < -0.4 is 5.73 Å². The maximum absolute atomic E-state index is 9.42. The van der Waals surface area contributed by atoms with Crippen LogP contribution in [0.4, 0.5) is 0 Å². The molecule has 0 fully saturated rings. The summed E-state index contributed by atoms with van der Waals surface area (Å²) < 4.78 is 2.09. The van der Waals surface area contributed by atoms with Crippen molar-refractivity contribution in [2.75, 3.05) is 6.54 Å². The molecule has 0 unspecified atom stereocenters. The summed E-state index contributed by atoms with van der Waals surface area (Å²) in [5, 5.41) is 9.42. The number of nitrogens with zero attached hydrogens (tertiary/aromatic N) is 2. The lowest BCUT2D eigenvalue weighted by Crippen LogP contribution is -2.09. The second-order valence-corrected chi connectivity index (χ2v) is 3.48. The van der Waals surface area contributed by atoms with Crippen LogP contribution in [0.25, 0.3) is 11.0 Å². The molecule has 2 aromatic rings. The zero-order chi connectivity index (χ0) is 10.8. The van der Waals surface area contributed by atoms with E-state index in [1.54, 1.807) is 12.1 Å². The van der Waals surface area contributed by atoms with Crippen LogP contribution in [0.1, 0.15) is 12.7 Å². The van der Waals surface area contributed by atoms with E-state index in [1.165, 1.54) is 0 Å². The van der Waals surface area contributed by atoms with Gasteiger partial charge in [0.05, 0.1) is 11.0 Å². The SMILES string of the molecule is CCn1c(CCN)nc2ccc(O)cc21. The molecule has 0 saturated heterocycles. The van der Waals surface area contributed by atoms with Gasteiger partial charge in [-0.3, -0.25) is 0 Å². The minimum atomic E-state index is 0.274. The average Bonchev–Trinajstić information content (AvgIpc) is 2.55. The van der Waals surface area contributed by atoms with Crippen molar-refractivity contribution in [1.29, 1.82) is 0 Å². The van der Waals surface area contributed by atoms with Crippen LogP contribution in [0.2, 0.25) is 0 Å². The fourth-order valence-electron chi connectivity index (χ4n) is 1.83. The van der Waals surface area contributed by atoms with Gasteiger partial charge < -0.3 is 15.4 Å². The Morgan fingerprint density at radius 1 is 1.47 bits per heavy atom. The van der Waals surface area contributed by atoms with E-state index in [9.17, 15) is 5.11 Å². The number of aryl methyl sites for hydroxylation is 1. The van der Waals surface area contributed by atoms with Crippen molar-refractivity contribution in [3.05, 3.63) is 24.0 Å². The molecule has 15 heavy (non-hydrogen) atoms. The zero-order valence-corrected chi connectivity index (χ0v) is 8.77. The highest BCUT2D eigenvalue weighted by molar-refractivity contribution is 5.77. The molecule has 0 atom stereocenters. The lowest BCUT2D eigenvalue weighted by Gasteiger charge is -2.04. The minimum Gasteiger partial charge on any atom is -0.508 e. The summed E-state index contributed by atoms with van der Waals surface area (Å²) in [5.74, 6) is 1.26. The van der Waals surface area contributed by atoms with E-state index < -0.39 is 0 Å². The number of imidazole rings is 1. The number of fused-ring (bicyclic) bond motifs is 1. The van der Waals surface area contributed by atoms with Gasteiger partial charge in [-0.1, -0.05) is 0 Å². The maximum atomic E-state index is 9.42. The molecule has 1 aromatic heterocycles. The topological polar surface area (TPSA) is 64.1 Å².